The van der Waals surface area contributed by atoms with Crippen molar-refractivity contribution in [3.05, 3.63) is 23.8 Å². The lowest BCUT2D eigenvalue weighted by Crippen LogP contribution is -2.08. The summed E-state index contributed by atoms with van der Waals surface area (Å²) in [6, 6.07) is 6.31. The van der Waals surface area contributed by atoms with Crippen molar-refractivity contribution in [3.8, 4) is 0 Å². The van der Waals surface area contributed by atoms with Gasteiger partial charge < -0.3 is 10.1 Å². The number of anilines is 1. The van der Waals surface area contributed by atoms with Crippen molar-refractivity contribution in [3.63, 3.8) is 0 Å². The molecule has 1 heterocycles. The summed E-state index contributed by atoms with van der Waals surface area (Å²) < 4.78 is 6.80. The molecule has 0 unspecified atom stereocenters. The molecule has 0 fully saturated rings. The Morgan fingerprint density at radius 3 is 2.95 bits per heavy atom. The van der Waals surface area contributed by atoms with Crippen molar-refractivity contribution in [1.82, 2.24) is 4.98 Å². The van der Waals surface area contributed by atoms with Crippen LogP contribution in [0.2, 0.25) is 0 Å². The van der Waals surface area contributed by atoms with Gasteiger partial charge in [-0.25, -0.2) is 4.98 Å². The van der Waals surface area contributed by atoms with Gasteiger partial charge in [-0.05, 0) is 30.9 Å². The molecule has 1 N–H and O–H groups in total. The van der Waals surface area contributed by atoms with E-state index in [2.05, 4.69) is 49.3 Å². The molecule has 0 atom stereocenters. The number of nitrogens with one attached hydrogen (secondary N) is 1. The third-order valence-electron chi connectivity index (χ3n) is 2.81. The summed E-state index contributed by atoms with van der Waals surface area (Å²) in [5, 5.41) is 4.38. The van der Waals surface area contributed by atoms with Crippen LogP contribution in [0.25, 0.3) is 10.2 Å². The molecule has 0 radical (unpaired) electrons. The fraction of sp³-hybridized carbons (Fsp3) is 0.533. The molecule has 1 aromatic carbocycles. The van der Waals surface area contributed by atoms with Crippen molar-refractivity contribution in [2.75, 3.05) is 25.1 Å². The summed E-state index contributed by atoms with van der Waals surface area (Å²) in [6.07, 6.45) is 1.02. The lowest BCUT2D eigenvalue weighted by molar-refractivity contribution is 0.110. The smallest absolute Gasteiger partial charge is 0.183 e. The zero-order valence-electron chi connectivity index (χ0n) is 11.9. The molecule has 0 saturated carbocycles. The number of benzene rings is 1. The highest BCUT2D eigenvalue weighted by molar-refractivity contribution is 7.22. The predicted molar refractivity (Wildman–Crippen MR) is 83.1 cm³/mol. The van der Waals surface area contributed by atoms with Gasteiger partial charge >= 0.3 is 0 Å². The second-order valence-electron chi connectivity index (χ2n) is 5.19. The Morgan fingerprint density at radius 1 is 1.37 bits per heavy atom. The van der Waals surface area contributed by atoms with Gasteiger partial charge in [0.2, 0.25) is 0 Å². The first-order chi connectivity index (χ1) is 9.16. The SMILES string of the molecule is Cc1cccc2sc(NCCCOCC(C)C)nc12. The topological polar surface area (TPSA) is 34.1 Å². The van der Waals surface area contributed by atoms with Gasteiger partial charge in [0.25, 0.3) is 0 Å². The summed E-state index contributed by atoms with van der Waals surface area (Å²) in [4.78, 5) is 4.62. The van der Waals surface area contributed by atoms with E-state index < -0.39 is 0 Å². The van der Waals surface area contributed by atoms with Crippen LogP contribution in [-0.4, -0.2) is 24.7 Å². The van der Waals surface area contributed by atoms with Crippen molar-refractivity contribution in [2.24, 2.45) is 5.92 Å². The maximum atomic E-state index is 5.55. The minimum Gasteiger partial charge on any atom is -0.381 e. The van der Waals surface area contributed by atoms with E-state index in [1.165, 1.54) is 10.3 Å². The molecule has 0 aliphatic heterocycles. The number of fused-ring (bicyclic) bond motifs is 1. The standard InChI is InChI=1S/C15H22N2OS/c1-11(2)10-18-9-5-8-16-15-17-14-12(3)6-4-7-13(14)19-15/h4,6-7,11H,5,8-10H2,1-3H3,(H,16,17). The Balaban J connectivity index is 1.77. The molecule has 0 aliphatic rings. The molecule has 0 aliphatic carbocycles. The van der Waals surface area contributed by atoms with Crippen LogP contribution in [-0.2, 0) is 4.74 Å². The average molecular weight is 278 g/mol. The number of aromatic nitrogens is 1. The highest BCUT2D eigenvalue weighted by Gasteiger charge is 2.04. The average Bonchev–Trinajstić information content (AvgIpc) is 2.78. The summed E-state index contributed by atoms with van der Waals surface area (Å²) in [5.74, 6) is 0.611. The van der Waals surface area contributed by atoms with Crippen molar-refractivity contribution >= 4 is 26.7 Å². The van der Waals surface area contributed by atoms with Gasteiger partial charge in [0.15, 0.2) is 5.13 Å². The molecule has 3 nitrogen and oxygen atoms in total. The van der Waals surface area contributed by atoms with E-state index >= 15 is 0 Å². The van der Waals surface area contributed by atoms with E-state index in [0.717, 1.165) is 36.8 Å². The van der Waals surface area contributed by atoms with Crippen LogP contribution in [0.4, 0.5) is 5.13 Å². The van der Waals surface area contributed by atoms with Gasteiger partial charge in [-0.2, -0.15) is 0 Å². The number of hydrogen-bond donors (Lipinski definition) is 1. The number of aryl methyl sites for hydroxylation is 1. The van der Waals surface area contributed by atoms with E-state index in [0.29, 0.717) is 5.92 Å². The molecule has 0 amide bonds. The number of thiazole rings is 1. The van der Waals surface area contributed by atoms with Crippen molar-refractivity contribution in [1.29, 1.82) is 0 Å². The van der Waals surface area contributed by atoms with E-state index in [1.54, 1.807) is 11.3 Å². The minimum absolute atomic E-state index is 0.611. The zero-order valence-corrected chi connectivity index (χ0v) is 12.7. The zero-order chi connectivity index (χ0) is 13.7. The molecule has 0 bridgehead atoms. The maximum absolute atomic E-state index is 5.55. The van der Waals surface area contributed by atoms with Gasteiger partial charge in [0.1, 0.15) is 0 Å². The van der Waals surface area contributed by atoms with Crippen LogP contribution < -0.4 is 5.32 Å². The Bertz CT molecular complexity index is 522. The highest BCUT2D eigenvalue weighted by atomic mass is 32.1. The quantitative estimate of drug-likeness (QED) is 0.775. The maximum Gasteiger partial charge on any atom is 0.183 e. The van der Waals surface area contributed by atoms with Crippen LogP contribution in [0, 0.1) is 12.8 Å². The molecule has 2 aromatic rings. The Morgan fingerprint density at radius 2 is 2.21 bits per heavy atom. The van der Waals surface area contributed by atoms with Gasteiger partial charge in [0.05, 0.1) is 10.2 Å². The summed E-state index contributed by atoms with van der Waals surface area (Å²) in [7, 11) is 0. The first-order valence-corrected chi connectivity index (χ1v) is 7.66. The molecule has 1 aromatic heterocycles. The van der Waals surface area contributed by atoms with Crippen molar-refractivity contribution < 1.29 is 4.74 Å². The van der Waals surface area contributed by atoms with Gasteiger partial charge in [-0.1, -0.05) is 37.3 Å². The molecular formula is C15H22N2OS. The number of para-hydroxylation sites is 1. The van der Waals surface area contributed by atoms with Gasteiger partial charge in [0, 0.05) is 19.8 Å². The van der Waals surface area contributed by atoms with E-state index in [4.69, 9.17) is 4.74 Å². The van der Waals surface area contributed by atoms with Crippen LogP contribution in [0.5, 0.6) is 0 Å². The van der Waals surface area contributed by atoms with Crippen LogP contribution in [0.3, 0.4) is 0 Å². The largest absolute Gasteiger partial charge is 0.381 e. The molecule has 0 spiro atoms. The number of hydrogen-bond acceptors (Lipinski definition) is 4. The first kappa shape index (κ1) is 14.3. The van der Waals surface area contributed by atoms with Crippen molar-refractivity contribution in [2.45, 2.75) is 27.2 Å². The molecular weight excluding hydrogens is 256 g/mol. The van der Waals surface area contributed by atoms with E-state index in [-0.39, 0.29) is 0 Å². The second kappa shape index (κ2) is 6.87. The summed E-state index contributed by atoms with van der Waals surface area (Å²) in [5.41, 5.74) is 2.35. The highest BCUT2D eigenvalue weighted by Crippen LogP contribution is 2.27. The summed E-state index contributed by atoms with van der Waals surface area (Å²) >= 11 is 1.72. The molecule has 19 heavy (non-hydrogen) atoms. The third kappa shape index (κ3) is 4.18. The fourth-order valence-electron chi connectivity index (χ4n) is 1.85. The Hall–Kier alpha value is -1.13. The monoisotopic (exact) mass is 278 g/mol. The van der Waals surface area contributed by atoms with E-state index in [1.807, 2.05) is 0 Å². The Kier molecular flexibility index (Phi) is 5.16. The molecule has 4 heteroatoms. The lowest BCUT2D eigenvalue weighted by Gasteiger charge is -2.06. The summed E-state index contributed by atoms with van der Waals surface area (Å²) in [6.45, 7) is 9.02. The van der Waals surface area contributed by atoms with E-state index in [9.17, 15) is 0 Å². The number of nitrogens with zero attached hydrogens (tertiary/aromatic N) is 1. The molecule has 104 valence electrons. The fourth-order valence-corrected chi connectivity index (χ4v) is 2.82. The number of ether oxygens (including phenoxy) is 1. The lowest BCUT2D eigenvalue weighted by atomic mass is 10.2. The Labute approximate surface area is 119 Å². The minimum atomic E-state index is 0.611. The van der Waals surface area contributed by atoms with Crippen LogP contribution in [0.15, 0.2) is 18.2 Å². The van der Waals surface area contributed by atoms with Gasteiger partial charge in [-0.3, -0.25) is 0 Å². The second-order valence-corrected chi connectivity index (χ2v) is 6.22. The normalized spacial score (nSPS) is 11.4. The third-order valence-corrected chi connectivity index (χ3v) is 3.79. The molecule has 0 saturated heterocycles. The van der Waals surface area contributed by atoms with Gasteiger partial charge in [-0.15, -0.1) is 0 Å². The predicted octanol–water partition coefficient (Wildman–Crippen LogP) is 4.08. The van der Waals surface area contributed by atoms with Crippen LogP contribution in [0.1, 0.15) is 25.8 Å². The molecule has 2 rings (SSSR count). The first-order valence-electron chi connectivity index (χ1n) is 6.84. The number of rotatable bonds is 7. The van der Waals surface area contributed by atoms with Crippen LogP contribution >= 0.6 is 11.3 Å².